The van der Waals surface area contributed by atoms with Gasteiger partial charge in [-0.1, -0.05) is 25.4 Å². The molecule has 0 spiro atoms. The van der Waals surface area contributed by atoms with Crippen molar-refractivity contribution in [1.29, 1.82) is 0 Å². The van der Waals surface area contributed by atoms with Gasteiger partial charge in [0.05, 0.1) is 0 Å². The molecular weight excluding hydrogens is 262 g/mol. The van der Waals surface area contributed by atoms with Gasteiger partial charge in [-0.3, -0.25) is 4.79 Å². The summed E-state index contributed by atoms with van der Waals surface area (Å²) in [5.74, 6) is -0.145. The average Bonchev–Trinajstić information content (AvgIpc) is 2.34. The SMILES string of the molecule is CCN(CC)CC(C)NC(=O)c1cc(N)cc(Cl)c1. The number of benzene rings is 1. The molecule has 5 heteroatoms. The molecule has 1 aromatic carbocycles. The summed E-state index contributed by atoms with van der Waals surface area (Å²) in [5, 5.41) is 3.43. The van der Waals surface area contributed by atoms with Gasteiger partial charge < -0.3 is 16.0 Å². The number of carbonyl (C=O) groups is 1. The Labute approximate surface area is 119 Å². The van der Waals surface area contributed by atoms with E-state index in [1.54, 1.807) is 18.2 Å². The lowest BCUT2D eigenvalue weighted by atomic mass is 10.1. The molecule has 1 unspecified atom stereocenters. The van der Waals surface area contributed by atoms with Gasteiger partial charge in [0, 0.05) is 28.9 Å². The third-order valence-electron chi connectivity index (χ3n) is 2.99. The van der Waals surface area contributed by atoms with Crippen LogP contribution in [0.15, 0.2) is 18.2 Å². The van der Waals surface area contributed by atoms with Gasteiger partial charge in [-0.05, 0) is 38.2 Å². The molecule has 1 atom stereocenters. The molecule has 0 fully saturated rings. The number of nitrogens with two attached hydrogens (primary N) is 1. The highest BCUT2D eigenvalue weighted by Crippen LogP contribution is 2.16. The van der Waals surface area contributed by atoms with Crippen molar-refractivity contribution >= 4 is 23.2 Å². The molecule has 0 aromatic heterocycles. The van der Waals surface area contributed by atoms with Crippen LogP contribution in [0.1, 0.15) is 31.1 Å². The minimum absolute atomic E-state index is 0.0765. The highest BCUT2D eigenvalue weighted by molar-refractivity contribution is 6.31. The Bertz CT molecular complexity index is 412. The first-order valence-corrected chi connectivity index (χ1v) is 6.93. The normalized spacial score (nSPS) is 12.5. The largest absolute Gasteiger partial charge is 0.399 e. The van der Waals surface area contributed by atoms with E-state index in [1.807, 2.05) is 6.92 Å². The number of hydrogen-bond donors (Lipinski definition) is 2. The maximum absolute atomic E-state index is 12.1. The zero-order valence-electron chi connectivity index (χ0n) is 11.7. The monoisotopic (exact) mass is 283 g/mol. The minimum atomic E-state index is -0.145. The molecule has 0 saturated heterocycles. The first-order chi connectivity index (χ1) is 8.96. The van der Waals surface area contributed by atoms with Gasteiger partial charge in [0.1, 0.15) is 0 Å². The Morgan fingerprint density at radius 1 is 1.37 bits per heavy atom. The number of carbonyl (C=O) groups excluding carboxylic acids is 1. The van der Waals surface area contributed by atoms with Gasteiger partial charge in [-0.2, -0.15) is 0 Å². The molecule has 0 radical (unpaired) electrons. The van der Waals surface area contributed by atoms with Crippen molar-refractivity contribution < 1.29 is 4.79 Å². The molecule has 0 aliphatic heterocycles. The van der Waals surface area contributed by atoms with Crippen LogP contribution in [0.2, 0.25) is 5.02 Å². The highest BCUT2D eigenvalue weighted by Gasteiger charge is 2.13. The topological polar surface area (TPSA) is 58.4 Å². The number of anilines is 1. The predicted octanol–water partition coefficient (Wildman–Crippen LogP) is 2.38. The molecule has 1 rings (SSSR count). The van der Waals surface area contributed by atoms with Gasteiger partial charge in [-0.25, -0.2) is 0 Å². The van der Waals surface area contributed by atoms with Crippen LogP contribution in [0.4, 0.5) is 5.69 Å². The van der Waals surface area contributed by atoms with Crippen LogP contribution in [-0.2, 0) is 0 Å². The lowest BCUT2D eigenvalue weighted by Crippen LogP contribution is -2.41. The van der Waals surface area contributed by atoms with Crippen molar-refractivity contribution in [1.82, 2.24) is 10.2 Å². The third-order valence-corrected chi connectivity index (χ3v) is 3.20. The summed E-state index contributed by atoms with van der Waals surface area (Å²) < 4.78 is 0. The zero-order valence-corrected chi connectivity index (χ0v) is 12.5. The molecule has 3 N–H and O–H groups in total. The Hall–Kier alpha value is -1.26. The Balaban J connectivity index is 2.63. The van der Waals surface area contributed by atoms with E-state index in [0.717, 1.165) is 19.6 Å². The molecule has 106 valence electrons. The summed E-state index contributed by atoms with van der Waals surface area (Å²) in [7, 11) is 0. The summed E-state index contributed by atoms with van der Waals surface area (Å²) in [4.78, 5) is 14.3. The molecule has 19 heavy (non-hydrogen) atoms. The predicted molar refractivity (Wildman–Crippen MR) is 80.6 cm³/mol. The van der Waals surface area contributed by atoms with Crippen LogP contribution >= 0.6 is 11.6 Å². The number of hydrogen-bond acceptors (Lipinski definition) is 3. The second-order valence-electron chi connectivity index (χ2n) is 4.63. The molecular formula is C14H22ClN3O. The zero-order chi connectivity index (χ0) is 14.4. The molecule has 4 nitrogen and oxygen atoms in total. The number of rotatable bonds is 6. The van der Waals surface area contributed by atoms with Crippen molar-refractivity contribution in [3.63, 3.8) is 0 Å². The van der Waals surface area contributed by atoms with E-state index < -0.39 is 0 Å². The van der Waals surface area contributed by atoms with Crippen molar-refractivity contribution in [3.8, 4) is 0 Å². The van der Waals surface area contributed by atoms with E-state index >= 15 is 0 Å². The maximum Gasteiger partial charge on any atom is 0.251 e. The van der Waals surface area contributed by atoms with Crippen molar-refractivity contribution in [2.45, 2.75) is 26.8 Å². The summed E-state index contributed by atoms with van der Waals surface area (Å²) in [6, 6.07) is 4.95. The molecule has 1 aromatic rings. The van der Waals surface area contributed by atoms with Gasteiger partial charge in [0.25, 0.3) is 5.91 Å². The summed E-state index contributed by atoms with van der Waals surface area (Å²) >= 11 is 5.89. The molecule has 0 aliphatic carbocycles. The van der Waals surface area contributed by atoms with E-state index in [1.165, 1.54) is 0 Å². The number of likely N-dealkylation sites (N-methyl/N-ethyl adjacent to an activating group) is 1. The standard InChI is InChI=1S/C14H22ClN3O/c1-4-18(5-2)9-10(3)17-14(19)11-6-12(15)8-13(16)7-11/h6-8,10H,4-5,9,16H2,1-3H3,(H,17,19). The van der Waals surface area contributed by atoms with E-state index in [0.29, 0.717) is 16.3 Å². The number of amides is 1. The highest BCUT2D eigenvalue weighted by atomic mass is 35.5. The Morgan fingerprint density at radius 2 is 2.00 bits per heavy atom. The van der Waals surface area contributed by atoms with Gasteiger partial charge >= 0.3 is 0 Å². The number of halogens is 1. The quantitative estimate of drug-likeness (QED) is 0.788. The summed E-state index contributed by atoms with van der Waals surface area (Å²) in [6.45, 7) is 8.98. The first-order valence-electron chi connectivity index (χ1n) is 6.55. The van der Waals surface area contributed by atoms with Gasteiger partial charge in [0.2, 0.25) is 0 Å². The van der Waals surface area contributed by atoms with E-state index in [9.17, 15) is 4.79 Å². The Kier molecular flexibility index (Phi) is 6.12. The lowest BCUT2D eigenvalue weighted by Gasteiger charge is -2.23. The second kappa shape index (κ2) is 7.36. The van der Waals surface area contributed by atoms with Crippen molar-refractivity contribution in [3.05, 3.63) is 28.8 Å². The number of nitrogens with one attached hydrogen (secondary N) is 1. The minimum Gasteiger partial charge on any atom is -0.399 e. The van der Waals surface area contributed by atoms with E-state index in [-0.39, 0.29) is 11.9 Å². The smallest absolute Gasteiger partial charge is 0.251 e. The van der Waals surface area contributed by atoms with Crippen LogP contribution in [-0.4, -0.2) is 36.5 Å². The third kappa shape index (κ3) is 5.09. The fourth-order valence-corrected chi connectivity index (χ4v) is 2.21. The molecule has 1 amide bonds. The van der Waals surface area contributed by atoms with E-state index in [2.05, 4.69) is 24.1 Å². The second-order valence-corrected chi connectivity index (χ2v) is 5.07. The Morgan fingerprint density at radius 3 is 2.53 bits per heavy atom. The maximum atomic E-state index is 12.1. The number of nitrogen functional groups attached to an aromatic ring is 1. The molecule has 0 heterocycles. The van der Waals surface area contributed by atoms with Crippen LogP contribution in [0, 0.1) is 0 Å². The number of nitrogens with zero attached hydrogens (tertiary/aromatic N) is 1. The summed E-state index contributed by atoms with van der Waals surface area (Å²) in [5.41, 5.74) is 6.67. The van der Waals surface area contributed by atoms with Crippen LogP contribution in [0.3, 0.4) is 0 Å². The van der Waals surface area contributed by atoms with Crippen LogP contribution in [0.25, 0.3) is 0 Å². The van der Waals surface area contributed by atoms with Crippen LogP contribution < -0.4 is 11.1 Å². The first kappa shape index (κ1) is 15.8. The molecule has 0 bridgehead atoms. The fraction of sp³-hybridized carbons (Fsp3) is 0.500. The lowest BCUT2D eigenvalue weighted by molar-refractivity contribution is 0.0930. The van der Waals surface area contributed by atoms with Gasteiger partial charge in [0.15, 0.2) is 0 Å². The summed E-state index contributed by atoms with van der Waals surface area (Å²) in [6.07, 6.45) is 0. The van der Waals surface area contributed by atoms with Crippen molar-refractivity contribution in [2.24, 2.45) is 0 Å². The fourth-order valence-electron chi connectivity index (χ4n) is 1.97. The van der Waals surface area contributed by atoms with Crippen LogP contribution in [0.5, 0.6) is 0 Å². The average molecular weight is 284 g/mol. The molecule has 0 saturated carbocycles. The van der Waals surface area contributed by atoms with Gasteiger partial charge in [-0.15, -0.1) is 0 Å². The molecule has 0 aliphatic rings. The van der Waals surface area contributed by atoms with E-state index in [4.69, 9.17) is 17.3 Å². The van der Waals surface area contributed by atoms with Crippen molar-refractivity contribution in [2.75, 3.05) is 25.4 Å².